The van der Waals surface area contributed by atoms with Crippen LogP contribution in [-0.4, -0.2) is 13.4 Å². The molecule has 1 aromatic heterocycles. The lowest BCUT2D eigenvalue weighted by Crippen LogP contribution is -2.17. The molecule has 2 rings (SSSR count). The van der Waals surface area contributed by atoms with Gasteiger partial charge in [-0.1, -0.05) is 17.7 Å². The molecule has 112 valence electrons. The van der Waals surface area contributed by atoms with E-state index < -0.39 is 10.0 Å². The van der Waals surface area contributed by atoms with Crippen LogP contribution in [0.1, 0.15) is 16.7 Å². The fraction of sp³-hybridized carbons (Fsp3) is 0.214. The fourth-order valence-electron chi connectivity index (χ4n) is 2.18. The Labute approximate surface area is 132 Å². The molecule has 7 heteroatoms. The Hall–Kier alpha value is -1.60. The highest BCUT2D eigenvalue weighted by Gasteiger charge is 2.20. The van der Waals surface area contributed by atoms with Gasteiger partial charge in [0.05, 0.1) is 5.69 Å². The molecule has 0 aliphatic carbocycles. The van der Waals surface area contributed by atoms with E-state index in [1.54, 1.807) is 0 Å². The van der Waals surface area contributed by atoms with Crippen LogP contribution in [0.25, 0.3) is 0 Å². The molecule has 0 aliphatic rings. The first-order valence-corrected chi connectivity index (χ1v) is 8.50. The van der Waals surface area contributed by atoms with Gasteiger partial charge in [-0.25, -0.2) is 13.4 Å². The van der Waals surface area contributed by atoms with Gasteiger partial charge in [-0.2, -0.15) is 0 Å². The first-order valence-electron chi connectivity index (χ1n) is 6.22. The largest absolute Gasteiger partial charge is 0.383 e. The lowest BCUT2D eigenvalue weighted by Gasteiger charge is -2.15. The summed E-state index contributed by atoms with van der Waals surface area (Å²) in [6.07, 6.45) is 1.46. The lowest BCUT2D eigenvalue weighted by molar-refractivity contribution is 0.601. The van der Waals surface area contributed by atoms with E-state index in [0.717, 1.165) is 16.7 Å². The number of nitrogens with zero attached hydrogens (tertiary/aromatic N) is 1. The number of nitrogens with one attached hydrogen (secondary N) is 1. The standard InChI is InChI=1S/C14H16BrN3O2S/c1-8-4-9(2)13(10(3)5-8)18-21(19,20)12-6-11(15)7-17-14(12)16/h4-7,18H,1-3H3,(H2,16,17). The molecule has 0 saturated heterocycles. The summed E-state index contributed by atoms with van der Waals surface area (Å²) in [7, 11) is -3.79. The number of nitrogens with two attached hydrogens (primary N) is 1. The van der Waals surface area contributed by atoms with Crippen molar-refractivity contribution in [3.63, 3.8) is 0 Å². The minimum Gasteiger partial charge on any atom is -0.383 e. The van der Waals surface area contributed by atoms with Crippen molar-refractivity contribution >= 4 is 37.5 Å². The molecular formula is C14H16BrN3O2S. The minimum atomic E-state index is -3.79. The number of nitrogen functional groups attached to an aromatic ring is 1. The van der Waals surface area contributed by atoms with E-state index in [0.29, 0.717) is 10.2 Å². The van der Waals surface area contributed by atoms with E-state index in [2.05, 4.69) is 25.6 Å². The first kappa shape index (κ1) is 15.8. The van der Waals surface area contributed by atoms with Crippen LogP contribution < -0.4 is 10.5 Å². The highest BCUT2D eigenvalue weighted by molar-refractivity contribution is 9.10. The van der Waals surface area contributed by atoms with Crippen molar-refractivity contribution < 1.29 is 8.42 Å². The van der Waals surface area contributed by atoms with Crippen LogP contribution in [0, 0.1) is 20.8 Å². The van der Waals surface area contributed by atoms with Crippen LogP contribution in [-0.2, 0) is 10.0 Å². The number of hydrogen-bond acceptors (Lipinski definition) is 4. The zero-order valence-electron chi connectivity index (χ0n) is 11.9. The highest BCUT2D eigenvalue weighted by Crippen LogP contribution is 2.27. The van der Waals surface area contributed by atoms with E-state index in [9.17, 15) is 8.42 Å². The monoisotopic (exact) mass is 369 g/mol. The van der Waals surface area contributed by atoms with Gasteiger partial charge in [0, 0.05) is 10.7 Å². The van der Waals surface area contributed by atoms with Gasteiger partial charge in [-0.3, -0.25) is 4.72 Å². The average Bonchev–Trinajstić information content (AvgIpc) is 2.36. The summed E-state index contributed by atoms with van der Waals surface area (Å²) in [4.78, 5) is 3.81. The van der Waals surface area contributed by atoms with Crippen molar-refractivity contribution in [3.05, 3.63) is 45.6 Å². The van der Waals surface area contributed by atoms with Crippen LogP contribution in [0.4, 0.5) is 11.5 Å². The van der Waals surface area contributed by atoms with Crippen molar-refractivity contribution in [2.24, 2.45) is 0 Å². The van der Waals surface area contributed by atoms with Crippen molar-refractivity contribution in [3.8, 4) is 0 Å². The smallest absolute Gasteiger partial charge is 0.265 e. The van der Waals surface area contributed by atoms with Crippen molar-refractivity contribution in [1.82, 2.24) is 4.98 Å². The molecule has 0 amide bonds. The van der Waals surface area contributed by atoms with Crippen LogP contribution in [0.3, 0.4) is 0 Å². The zero-order chi connectivity index (χ0) is 15.8. The number of aromatic nitrogens is 1. The summed E-state index contributed by atoms with van der Waals surface area (Å²) in [6, 6.07) is 5.28. The van der Waals surface area contributed by atoms with Gasteiger partial charge >= 0.3 is 0 Å². The van der Waals surface area contributed by atoms with E-state index in [1.807, 2.05) is 32.9 Å². The van der Waals surface area contributed by atoms with Gasteiger partial charge in [0.2, 0.25) is 0 Å². The lowest BCUT2D eigenvalue weighted by atomic mass is 10.1. The van der Waals surface area contributed by atoms with Crippen LogP contribution in [0.2, 0.25) is 0 Å². The molecular weight excluding hydrogens is 354 g/mol. The summed E-state index contributed by atoms with van der Waals surface area (Å²) < 4.78 is 28.2. The average molecular weight is 370 g/mol. The summed E-state index contributed by atoms with van der Waals surface area (Å²) in [5, 5.41) is 0. The summed E-state index contributed by atoms with van der Waals surface area (Å²) in [5.74, 6) is -0.0342. The van der Waals surface area contributed by atoms with Gasteiger partial charge in [0.15, 0.2) is 0 Å². The SMILES string of the molecule is Cc1cc(C)c(NS(=O)(=O)c2cc(Br)cnc2N)c(C)c1. The number of hydrogen-bond donors (Lipinski definition) is 2. The van der Waals surface area contributed by atoms with Crippen LogP contribution >= 0.6 is 15.9 Å². The third-order valence-electron chi connectivity index (χ3n) is 3.05. The number of halogens is 1. The quantitative estimate of drug-likeness (QED) is 0.869. The molecule has 3 N–H and O–H groups in total. The molecule has 0 saturated carbocycles. The Morgan fingerprint density at radius 1 is 1.14 bits per heavy atom. The fourth-order valence-corrected chi connectivity index (χ4v) is 3.97. The highest BCUT2D eigenvalue weighted by atomic mass is 79.9. The van der Waals surface area contributed by atoms with E-state index >= 15 is 0 Å². The predicted octanol–water partition coefficient (Wildman–Crippen LogP) is 3.15. The normalized spacial score (nSPS) is 11.4. The third-order valence-corrected chi connectivity index (χ3v) is 4.86. The number of pyridine rings is 1. The summed E-state index contributed by atoms with van der Waals surface area (Å²) >= 11 is 3.20. The maximum absolute atomic E-state index is 12.5. The Morgan fingerprint density at radius 2 is 1.71 bits per heavy atom. The molecule has 0 bridgehead atoms. The molecule has 0 radical (unpaired) electrons. The second kappa shape index (κ2) is 5.65. The topological polar surface area (TPSA) is 85.1 Å². The van der Waals surface area contributed by atoms with Gasteiger partial charge < -0.3 is 5.73 Å². The molecule has 1 heterocycles. The molecule has 21 heavy (non-hydrogen) atoms. The molecule has 0 fully saturated rings. The van der Waals surface area contributed by atoms with Crippen LogP contribution in [0.15, 0.2) is 33.8 Å². The maximum atomic E-state index is 12.5. The number of anilines is 2. The first-order chi connectivity index (χ1) is 9.70. The molecule has 1 aromatic carbocycles. The summed E-state index contributed by atoms with van der Waals surface area (Å²) in [5.41, 5.74) is 9.05. The Bertz CT molecular complexity index is 781. The molecule has 0 unspecified atom stereocenters. The van der Waals surface area contributed by atoms with E-state index in [4.69, 9.17) is 5.73 Å². The number of rotatable bonds is 3. The van der Waals surface area contributed by atoms with Crippen molar-refractivity contribution in [2.75, 3.05) is 10.5 Å². The molecule has 0 spiro atoms. The zero-order valence-corrected chi connectivity index (χ0v) is 14.3. The number of aryl methyl sites for hydroxylation is 3. The predicted molar refractivity (Wildman–Crippen MR) is 87.8 cm³/mol. The van der Waals surface area contributed by atoms with Crippen LogP contribution in [0.5, 0.6) is 0 Å². The van der Waals surface area contributed by atoms with Gasteiger partial charge in [-0.15, -0.1) is 0 Å². The number of sulfonamides is 1. The minimum absolute atomic E-state index is 0.0342. The van der Waals surface area contributed by atoms with E-state index in [-0.39, 0.29) is 10.7 Å². The molecule has 5 nitrogen and oxygen atoms in total. The Balaban J connectivity index is 2.50. The Morgan fingerprint density at radius 3 is 2.29 bits per heavy atom. The molecule has 2 aromatic rings. The second-order valence-electron chi connectivity index (χ2n) is 4.92. The molecule has 0 atom stereocenters. The van der Waals surface area contributed by atoms with Gasteiger partial charge in [0.25, 0.3) is 10.0 Å². The summed E-state index contributed by atoms with van der Waals surface area (Å²) in [6.45, 7) is 5.69. The molecule has 0 aliphatic heterocycles. The van der Waals surface area contributed by atoms with Crippen molar-refractivity contribution in [2.45, 2.75) is 25.7 Å². The number of benzene rings is 1. The second-order valence-corrected chi connectivity index (χ2v) is 7.48. The Kier molecular flexibility index (Phi) is 4.25. The van der Waals surface area contributed by atoms with Crippen molar-refractivity contribution in [1.29, 1.82) is 0 Å². The van der Waals surface area contributed by atoms with E-state index in [1.165, 1.54) is 12.3 Å². The third kappa shape index (κ3) is 3.36. The maximum Gasteiger partial charge on any atom is 0.265 e. The van der Waals surface area contributed by atoms with Gasteiger partial charge in [0.1, 0.15) is 10.7 Å². The van der Waals surface area contributed by atoms with Gasteiger partial charge in [-0.05, 0) is 53.9 Å².